The highest BCUT2D eigenvalue weighted by Crippen LogP contribution is 2.34. The van der Waals surface area contributed by atoms with E-state index in [4.69, 9.17) is 0 Å². The Labute approximate surface area is 135 Å². The minimum absolute atomic E-state index is 0.165. The van der Waals surface area contributed by atoms with Crippen LogP contribution in [0.3, 0.4) is 0 Å². The number of halogens is 3. The van der Waals surface area contributed by atoms with Crippen LogP contribution in [0.4, 0.5) is 18.0 Å². The van der Waals surface area contributed by atoms with Gasteiger partial charge in [0.2, 0.25) is 0 Å². The second-order valence-corrected chi connectivity index (χ2v) is 5.18. The molecule has 10 heteroatoms. The van der Waals surface area contributed by atoms with Crippen molar-refractivity contribution < 1.29 is 27.6 Å². The summed E-state index contributed by atoms with van der Waals surface area (Å²) in [7, 11) is 0. The largest absolute Gasteiger partial charge is 0.440 e. The number of aromatic nitrogens is 1. The summed E-state index contributed by atoms with van der Waals surface area (Å²) < 4.78 is 40.6. The molecule has 1 atom stereocenters. The summed E-state index contributed by atoms with van der Waals surface area (Å²) in [5, 5.41) is 3.18. The molecule has 130 valence electrons. The van der Waals surface area contributed by atoms with Crippen molar-refractivity contribution in [2.45, 2.75) is 31.6 Å². The topological polar surface area (TPSA) is 91.4 Å². The van der Waals surface area contributed by atoms with Crippen molar-refractivity contribution in [2.75, 3.05) is 6.54 Å². The molecule has 0 aromatic carbocycles. The van der Waals surface area contributed by atoms with Gasteiger partial charge in [-0.3, -0.25) is 24.8 Å². The molecule has 1 saturated heterocycles. The number of nitrogens with one attached hydrogen (secondary N) is 2. The van der Waals surface area contributed by atoms with Crippen LogP contribution in [-0.2, 0) is 4.79 Å². The van der Waals surface area contributed by atoms with Gasteiger partial charge in [0, 0.05) is 18.9 Å². The number of hydrogen-bond donors (Lipinski definition) is 2. The van der Waals surface area contributed by atoms with E-state index in [-0.39, 0.29) is 12.1 Å². The number of pyridine rings is 1. The molecule has 2 heterocycles. The molecule has 2 N–H and O–H groups in total. The van der Waals surface area contributed by atoms with E-state index in [1.165, 1.54) is 18.3 Å². The average molecular weight is 344 g/mol. The summed E-state index contributed by atoms with van der Waals surface area (Å²) >= 11 is 0. The fourth-order valence-corrected chi connectivity index (χ4v) is 2.18. The maximum atomic E-state index is 13.5. The third-order valence-electron chi connectivity index (χ3n) is 3.49. The Kier molecular flexibility index (Phi) is 4.76. The highest BCUT2D eigenvalue weighted by atomic mass is 19.4. The number of unbranched alkanes of at least 4 members (excludes halogenated alkanes) is 1. The molecule has 24 heavy (non-hydrogen) atoms. The SMILES string of the molecule is CCCCN1C(=O)N[C@@](NC(=O)c2cccnc2)(C(F)(F)F)C1=O. The Hall–Kier alpha value is -2.65. The zero-order valence-electron chi connectivity index (χ0n) is 12.7. The van der Waals surface area contributed by atoms with E-state index < -0.39 is 29.7 Å². The van der Waals surface area contributed by atoms with Crippen LogP contribution in [0, 0.1) is 0 Å². The number of imide groups is 1. The fourth-order valence-electron chi connectivity index (χ4n) is 2.18. The number of rotatable bonds is 5. The van der Waals surface area contributed by atoms with Gasteiger partial charge in [0.05, 0.1) is 5.56 Å². The van der Waals surface area contributed by atoms with Crippen LogP contribution in [-0.4, -0.2) is 46.1 Å². The summed E-state index contributed by atoms with van der Waals surface area (Å²) in [5.74, 6) is -2.72. The maximum Gasteiger partial charge on any atom is 0.440 e. The first kappa shape index (κ1) is 17.7. The molecule has 7 nitrogen and oxygen atoms in total. The Morgan fingerprint density at radius 3 is 2.67 bits per heavy atom. The molecule has 0 unspecified atom stereocenters. The van der Waals surface area contributed by atoms with Gasteiger partial charge in [0.25, 0.3) is 17.5 Å². The summed E-state index contributed by atoms with van der Waals surface area (Å²) in [5.41, 5.74) is -3.65. The number of nitrogens with zero attached hydrogens (tertiary/aromatic N) is 2. The van der Waals surface area contributed by atoms with E-state index in [9.17, 15) is 27.6 Å². The van der Waals surface area contributed by atoms with E-state index in [0.29, 0.717) is 17.7 Å². The Morgan fingerprint density at radius 2 is 2.12 bits per heavy atom. The molecule has 1 fully saturated rings. The Balaban J connectivity index is 2.33. The van der Waals surface area contributed by atoms with Gasteiger partial charge >= 0.3 is 12.2 Å². The second kappa shape index (κ2) is 6.46. The zero-order chi connectivity index (χ0) is 18.0. The quantitative estimate of drug-likeness (QED) is 0.791. The van der Waals surface area contributed by atoms with Crippen LogP contribution in [0.5, 0.6) is 0 Å². The molecule has 1 aliphatic rings. The summed E-state index contributed by atoms with van der Waals surface area (Å²) in [4.78, 5) is 40.2. The average Bonchev–Trinajstić information content (AvgIpc) is 2.77. The molecular formula is C14H15F3N4O3. The van der Waals surface area contributed by atoms with Crippen molar-refractivity contribution in [3.8, 4) is 0 Å². The lowest BCUT2D eigenvalue weighted by Crippen LogP contribution is -2.69. The van der Waals surface area contributed by atoms with Gasteiger partial charge in [-0.2, -0.15) is 13.2 Å². The first-order chi connectivity index (χ1) is 11.2. The molecule has 0 saturated carbocycles. The normalized spacial score (nSPS) is 20.9. The van der Waals surface area contributed by atoms with Gasteiger partial charge in [-0.1, -0.05) is 13.3 Å². The number of urea groups is 1. The number of carbonyl (C=O) groups is 3. The Bertz CT molecular complexity index is 650. The molecule has 0 spiro atoms. The third-order valence-corrected chi connectivity index (χ3v) is 3.49. The predicted molar refractivity (Wildman–Crippen MR) is 75.6 cm³/mol. The molecule has 4 amide bonds. The van der Waals surface area contributed by atoms with Crippen molar-refractivity contribution in [3.05, 3.63) is 30.1 Å². The van der Waals surface area contributed by atoms with E-state index >= 15 is 0 Å². The number of amides is 4. The maximum absolute atomic E-state index is 13.5. The van der Waals surface area contributed by atoms with E-state index in [0.717, 1.165) is 6.20 Å². The lowest BCUT2D eigenvalue weighted by atomic mass is 10.1. The lowest BCUT2D eigenvalue weighted by molar-refractivity contribution is -0.200. The highest BCUT2D eigenvalue weighted by molar-refractivity contribution is 6.10. The van der Waals surface area contributed by atoms with Crippen molar-refractivity contribution in [1.29, 1.82) is 0 Å². The van der Waals surface area contributed by atoms with Gasteiger partial charge < -0.3 is 5.32 Å². The van der Waals surface area contributed by atoms with Gasteiger partial charge in [-0.15, -0.1) is 0 Å². The molecule has 1 aliphatic heterocycles. The van der Waals surface area contributed by atoms with E-state index in [1.807, 2.05) is 0 Å². The van der Waals surface area contributed by atoms with Crippen LogP contribution in [0.15, 0.2) is 24.5 Å². The van der Waals surface area contributed by atoms with Crippen molar-refractivity contribution in [2.24, 2.45) is 0 Å². The first-order valence-electron chi connectivity index (χ1n) is 7.16. The molecule has 1 aromatic rings. The summed E-state index contributed by atoms with van der Waals surface area (Å²) in [6.07, 6.45) is -1.89. The van der Waals surface area contributed by atoms with Gasteiger partial charge in [0.15, 0.2) is 0 Å². The molecule has 2 rings (SSSR count). The van der Waals surface area contributed by atoms with E-state index in [1.54, 1.807) is 17.6 Å². The smallest absolute Gasteiger partial charge is 0.314 e. The standard InChI is InChI=1S/C14H15F3N4O3/c1-2-3-7-21-11(23)13(14(15,16)17,20-12(21)24)19-10(22)9-5-4-6-18-8-9/h4-6,8H,2-3,7H2,1H3,(H,19,22)(H,20,24)/t13-/m1/s1. The predicted octanol–water partition coefficient (Wildman–Crippen LogP) is 1.42. The van der Waals surface area contributed by atoms with Gasteiger partial charge in [-0.25, -0.2) is 4.79 Å². The van der Waals surface area contributed by atoms with Crippen LogP contribution in [0.25, 0.3) is 0 Å². The van der Waals surface area contributed by atoms with Crippen LogP contribution < -0.4 is 10.6 Å². The molecule has 0 bridgehead atoms. The van der Waals surface area contributed by atoms with Gasteiger partial charge in [-0.05, 0) is 18.6 Å². The first-order valence-corrected chi connectivity index (χ1v) is 7.16. The molecule has 1 aromatic heterocycles. The van der Waals surface area contributed by atoms with Crippen molar-refractivity contribution in [3.63, 3.8) is 0 Å². The molecular weight excluding hydrogens is 329 g/mol. The minimum atomic E-state index is -5.21. The highest BCUT2D eigenvalue weighted by Gasteiger charge is 2.68. The zero-order valence-corrected chi connectivity index (χ0v) is 12.7. The van der Waals surface area contributed by atoms with Crippen molar-refractivity contribution >= 4 is 17.8 Å². The number of carbonyl (C=O) groups excluding carboxylic acids is 3. The van der Waals surface area contributed by atoms with Crippen LogP contribution in [0.1, 0.15) is 30.1 Å². The third kappa shape index (κ3) is 3.03. The fraction of sp³-hybridized carbons (Fsp3) is 0.429. The van der Waals surface area contributed by atoms with Crippen LogP contribution in [0.2, 0.25) is 0 Å². The van der Waals surface area contributed by atoms with Crippen molar-refractivity contribution in [1.82, 2.24) is 20.5 Å². The van der Waals surface area contributed by atoms with Gasteiger partial charge in [0.1, 0.15) is 0 Å². The minimum Gasteiger partial charge on any atom is -0.314 e. The van der Waals surface area contributed by atoms with Crippen LogP contribution >= 0.6 is 0 Å². The molecule has 0 radical (unpaired) electrons. The Morgan fingerprint density at radius 1 is 1.42 bits per heavy atom. The lowest BCUT2D eigenvalue weighted by Gasteiger charge is -2.29. The summed E-state index contributed by atoms with van der Waals surface area (Å²) in [6, 6.07) is 1.40. The number of hydrogen-bond acceptors (Lipinski definition) is 4. The second-order valence-electron chi connectivity index (χ2n) is 5.18. The molecule has 0 aliphatic carbocycles. The number of alkyl halides is 3. The van der Waals surface area contributed by atoms with E-state index in [2.05, 4.69) is 4.98 Å². The monoisotopic (exact) mass is 344 g/mol. The summed E-state index contributed by atoms with van der Waals surface area (Å²) in [6.45, 7) is 1.60.